The molecule has 0 aliphatic carbocycles. The highest BCUT2D eigenvalue weighted by molar-refractivity contribution is 5.93. The van der Waals surface area contributed by atoms with Gasteiger partial charge in [-0.15, -0.1) is 0 Å². The second-order valence-electron chi connectivity index (χ2n) is 7.06. The van der Waals surface area contributed by atoms with E-state index < -0.39 is 0 Å². The number of ether oxygens (including phenoxy) is 1. The number of hydrogen-bond donors (Lipinski definition) is 2. The fourth-order valence-electron chi connectivity index (χ4n) is 3.62. The Bertz CT molecular complexity index is 823. The Morgan fingerprint density at radius 1 is 1.11 bits per heavy atom. The first-order valence-corrected chi connectivity index (χ1v) is 9.64. The van der Waals surface area contributed by atoms with Gasteiger partial charge < -0.3 is 20.3 Å². The second kappa shape index (κ2) is 9.26. The van der Waals surface area contributed by atoms with E-state index in [1.54, 1.807) is 18.2 Å². The monoisotopic (exact) mass is 381 g/mol. The minimum absolute atomic E-state index is 0.102. The van der Waals surface area contributed by atoms with Crippen molar-refractivity contribution < 1.29 is 14.3 Å². The number of rotatable bonds is 5. The van der Waals surface area contributed by atoms with E-state index in [2.05, 4.69) is 22.8 Å². The van der Waals surface area contributed by atoms with Gasteiger partial charge in [0.15, 0.2) is 0 Å². The maximum absolute atomic E-state index is 12.9. The molecular weight excluding hydrogens is 354 g/mol. The van der Waals surface area contributed by atoms with Crippen LogP contribution in [0, 0.1) is 0 Å². The van der Waals surface area contributed by atoms with Crippen molar-refractivity contribution in [3.63, 3.8) is 0 Å². The Morgan fingerprint density at radius 2 is 1.89 bits per heavy atom. The van der Waals surface area contributed by atoms with Gasteiger partial charge in [-0.05, 0) is 43.4 Å². The molecule has 1 unspecified atom stereocenters. The van der Waals surface area contributed by atoms with Crippen LogP contribution in [0.25, 0.3) is 0 Å². The molecule has 148 valence electrons. The van der Waals surface area contributed by atoms with Crippen LogP contribution in [0.15, 0.2) is 48.5 Å². The zero-order chi connectivity index (χ0) is 19.9. The lowest BCUT2D eigenvalue weighted by Gasteiger charge is -2.36. The van der Waals surface area contributed by atoms with Crippen LogP contribution in [0.3, 0.4) is 0 Å². The van der Waals surface area contributed by atoms with Gasteiger partial charge in [0.2, 0.25) is 5.91 Å². The fraction of sp³-hybridized carbons (Fsp3) is 0.364. The van der Waals surface area contributed by atoms with Crippen molar-refractivity contribution >= 4 is 23.3 Å². The summed E-state index contributed by atoms with van der Waals surface area (Å²) in [5.74, 6) is 0.333. The zero-order valence-corrected chi connectivity index (χ0v) is 16.4. The van der Waals surface area contributed by atoms with E-state index in [9.17, 15) is 9.59 Å². The molecule has 1 heterocycles. The quantitative estimate of drug-likeness (QED) is 0.812. The SMILES string of the molecule is COc1cc(NC(=O)N2CCCCC2Cc2ccccc2)ccc1NC(C)=O. The van der Waals surface area contributed by atoms with Gasteiger partial charge in [-0.25, -0.2) is 4.79 Å². The van der Waals surface area contributed by atoms with Crippen LogP contribution in [0.1, 0.15) is 31.7 Å². The van der Waals surface area contributed by atoms with Gasteiger partial charge in [0.25, 0.3) is 0 Å². The number of benzene rings is 2. The topological polar surface area (TPSA) is 70.7 Å². The number of amides is 3. The molecule has 1 saturated heterocycles. The second-order valence-corrected chi connectivity index (χ2v) is 7.06. The largest absolute Gasteiger partial charge is 0.494 e. The lowest BCUT2D eigenvalue weighted by molar-refractivity contribution is -0.114. The van der Waals surface area contributed by atoms with Gasteiger partial charge in [0.05, 0.1) is 12.8 Å². The molecule has 0 spiro atoms. The van der Waals surface area contributed by atoms with Gasteiger partial charge in [-0.1, -0.05) is 30.3 Å². The molecule has 2 aromatic carbocycles. The summed E-state index contributed by atoms with van der Waals surface area (Å²) in [6.07, 6.45) is 4.02. The Labute approximate surface area is 165 Å². The van der Waals surface area contributed by atoms with E-state index in [1.807, 2.05) is 23.1 Å². The third-order valence-corrected chi connectivity index (χ3v) is 4.97. The summed E-state index contributed by atoms with van der Waals surface area (Å²) in [7, 11) is 1.53. The lowest BCUT2D eigenvalue weighted by Crippen LogP contribution is -2.46. The standard InChI is InChI=1S/C22H27N3O3/c1-16(26)23-20-12-11-18(15-21(20)28-2)24-22(27)25-13-7-6-10-19(25)14-17-8-4-3-5-9-17/h3-5,8-9,11-12,15,19H,6-7,10,13-14H2,1-2H3,(H,23,26)(H,24,27). The molecule has 0 aromatic heterocycles. The average Bonchev–Trinajstić information content (AvgIpc) is 2.70. The Balaban J connectivity index is 1.70. The van der Waals surface area contributed by atoms with Crippen LogP contribution in [0.5, 0.6) is 5.75 Å². The fourth-order valence-corrected chi connectivity index (χ4v) is 3.62. The maximum Gasteiger partial charge on any atom is 0.322 e. The summed E-state index contributed by atoms with van der Waals surface area (Å²) in [6, 6.07) is 15.6. The highest BCUT2D eigenvalue weighted by Crippen LogP contribution is 2.29. The van der Waals surface area contributed by atoms with Gasteiger partial charge >= 0.3 is 6.03 Å². The molecule has 3 rings (SSSR count). The Morgan fingerprint density at radius 3 is 2.61 bits per heavy atom. The molecule has 0 bridgehead atoms. The van der Waals surface area contributed by atoms with E-state index in [-0.39, 0.29) is 18.0 Å². The smallest absolute Gasteiger partial charge is 0.322 e. The first-order chi connectivity index (χ1) is 13.6. The highest BCUT2D eigenvalue weighted by atomic mass is 16.5. The van der Waals surface area contributed by atoms with Crippen LogP contribution in [-0.4, -0.2) is 36.5 Å². The number of urea groups is 1. The van der Waals surface area contributed by atoms with E-state index in [4.69, 9.17) is 4.74 Å². The molecule has 1 aliphatic heterocycles. The normalized spacial score (nSPS) is 16.4. The van der Waals surface area contributed by atoms with Crippen LogP contribution in [0.2, 0.25) is 0 Å². The molecule has 1 aliphatic rings. The molecular formula is C22H27N3O3. The molecule has 6 heteroatoms. The van der Waals surface area contributed by atoms with Crippen molar-refractivity contribution in [2.24, 2.45) is 0 Å². The van der Waals surface area contributed by atoms with Crippen LogP contribution in [0.4, 0.5) is 16.2 Å². The molecule has 3 amide bonds. The maximum atomic E-state index is 12.9. The number of nitrogens with zero attached hydrogens (tertiary/aromatic N) is 1. The van der Waals surface area contributed by atoms with Gasteiger partial charge in [-0.2, -0.15) is 0 Å². The first kappa shape index (κ1) is 19.7. The van der Waals surface area contributed by atoms with E-state index in [0.29, 0.717) is 17.1 Å². The molecule has 0 saturated carbocycles. The molecule has 6 nitrogen and oxygen atoms in total. The average molecular weight is 381 g/mol. The van der Waals surface area contributed by atoms with Gasteiger partial charge in [0.1, 0.15) is 5.75 Å². The van der Waals surface area contributed by atoms with Crippen molar-refractivity contribution in [1.82, 2.24) is 4.90 Å². The summed E-state index contributed by atoms with van der Waals surface area (Å²) < 4.78 is 5.33. The third-order valence-electron chi connectivity index (χ3n) is 4.97. The molecule has 2 aromatic rings. The number of likely N-dealkylation sites (tertiary alicyclic amines) is 1. The minimum Gasteiger partial charge on any atom is -0.494 e. The Kier molecular flexibility index (Phi) is 6.53. The highest BCUT2D eigenvalue weighted by Gasteiger charge is 2.27. The number of piperidine rings is 1. The van der Waals surface area contributed by atoms with E-state index in [1.165, 1.54) is 19.6 Å². The summed E-state index contributed by atoms with van der Waals surface area (Å²) in [4.78, 5) is 26.2. The molecule has 1 atom stereocenters. The first-order valence-electron chi connectivity index (χ1n) is 9.64. The van der Waals surface area contributed by atoms with Gasteiger partial charge in [-0.3, -0.25) is 4.79 Å². The minimum atomic E-state index is -0.174. The van der Waals surface area contributed by atoms with Crippen LogP contribution >= 0.6 is 0 Å². The zero-order valence-electron chi connectivity index (χ0n) is 16.4. The number of methoxy groups -OCH3 is 1. The third kappa shape index (κ3) is 5.03. The summed E-state index contributed by atoms with van der Waals surface area (Å²) in [5, 5.41) is 5.69. The van der Waals surface area contributed by atoms with Crippen molar-refractivity contribution in [3.05, 3.63) is 54.1 Å². The lowest BCUT2D eigenvalue weighted by atomic mass is 9.96. The number of carbonyl (C=O) groups is 2. The van der Waals surface area contributed by atoms with Crippen molar-refractivity contribution in [2.45, 2.75) is 38.6 Å². The van der Waals surface area contributed by atoms with Crippen LogP contribution < -0.4 is 15.4 Å². The van der Waals surface area contributed by atoms with Crippen molar-refractivity contribution in [3.8, 4) is 5.75 Å². The van der Waals surface area contributed by atoms with Gasteiger partial charge in [0, 0.05) is 31.3 Å². The summed E-state index contributed by atoms with van der Waals surface area (Å²) in [5.41, 5.74) is 2.46. The van der Waals surface area contributed by atoms with Crippen molar-refractivity contribution in [1.29, 1.82) is 0 Å². The predicted octanol–water partition coefficient (Wildman–Crippen LogP) is 4.28. The number of carbonyl (C=O) groups excluding carboxylic acids is 2. The molecule has 0 radical (unpaired) electrons. The molecule has 2 N–H and O–H groups in total. The molecule has 28 heavy (non-hydrogen) atoms. The van der Waals surface area contributed by atoms with E-state index >= 15 is 0 Å². The molecule has 1 fully saturated rings. The number of hydrogen-bond acceptors (Lipinski definition) is 3. The summed E-state index contributed by atoms with van der Waals surface area (Å²) in [6.45, 7) is 2.20. The summed E-state index contributed by atoms with van der Waals surface area (Å²) >= 11 is 0. The van der Waals surface area contributed by atoms with E-state index in [0.717, 1.165) is 32.2 Å². The number of anilines is 2. The number of nitrogens with one attached hydrogen (secondary N) is 2. The predicted molar refractivity (Wildman–Crippen MR) is 111 cm³/mol. The Hall–Kier alpha value is -3.02. The van der Waals surface area contributed by atoms with Crippen molar-refractivity contribution in [2.75, 3.05) is 24.3 Å². The van der Waals surface area contributed by atoms with Crippen LogP contribution in [-0.2, 0) is 11.2 Å².